The summed E-state index contributed by atoms with van der Waals surface area (Å²) in [6.07, 6.45) is 2.26. The molecule has 0 heterocycles. The molecule has 0 amide bonds. The second kappa shape index (κ2) is 6.80. The van der Waals surface area contributed by atoms with Crippen molar-refractivity contribution in [3.63, 3.8) is 0 Å². The molecule has 0 radical (unpaired) electrons. The second-order valence-corrected chi connectivity index (χ2v) is 6.01. The molecule has 0 saturated carbocycles. The van der Waals surface area contributed by atoms with E-state index in [0.717, 1.165) is 24.1 Å². The van der Waals surface area contributed by atoms with Crippen LogP contribution in [-0.4, -0.2) is 0 Å². The summed E-state index contributed by atoms with van der Waals surface area (Å²) in [7, 11) is 0. The first-order chi connectivity index (χ1) is 10.1. The third kappa shape index (κ3) is 3.12. The van der Waals surface area contributed by atoms with Gasteiger partial charge in [0.1, 0.15) is 0 Å². The van der Waals surface area contributed by atoms with Crippen molar-refractivity contribution in [1.29, 1.82) is 0 Å². The summed E-state index contributed by atoms with van der Waals surface area (Å²) in [5.41, 5.74) is 12.7. The van der Waals surface area contributed by atoms with Crippen molar-refractivity contribution in [2.45, 2.75) is 52.4 Å². The van der Waals surface area contributed by atoms with Gasteiger partial charge in [-0.3, -0.25) is 0 Å². The molecule has 0 spiro atoms. The number of benzene rings is 2. The highest BCUT2D eigenvalue weighted by molar-refractivity contribution is 5.80. The minimum atomic E-state index is 0.498. The van der Waals surface area contributed by atoms with Crippen molar-refractivity contribution in [3.8, 4) is 11.1 Å². The van der Waals surface area contributed by atoms with Gasteiger partial charge in [0.2, 0.25) is 0 Å². The summed E-state index contributed by atoms with van der Waals surface area (Å²) < 4.78 is 0. The third-order valence-corrected chi connectivity index (χ3v) is 4.65. The molecule has 2 atom stereocenters. The molecule has 112 valence electrons. The Kier molecular flexibility index (Phi) is 5.06. The van der Waals surface area contributed by atoms with Gasteiger partial charge >= 0.3 is 0 Å². The quantitative estimate of drug-likeness (QED) is 0.672. The van der Waals surface area contributed by atoms with Crippen LogP contribution in [0.15, 0.2) is 42.5 Å². The van der Waals surface area contributed by atoms with E-state index in [1.165, 1.54) is 16.7 Å². The summed E-state index contributed by atoms with van der Waals surface area (Å²) in [5, 5.41) is 0. The Morgan fingerprint density at radius 1 is 0.857 bits per heavy atom. The lowest BCUT2D eigenvalue weighted by molar-refractivity contribution is 0.679. The van der Waals surface area contributed by atoms with E-state index in [9.17, 15) is 0 Å². The lowest BCUT2D eigenvalue weighted by Gasteiger charge is -2.23. The van der Waals surface area contributed by atoms with Crippen molar-refractivity contribution in [2.24, 2.45) is 0 Å². The molecule has 2 aromatic carbocycles. The van der Waals surface area contributed by atoms with Gasteiger partial charge in [0.05, 0.1) is 0 Å². The molecule has 2 unspecified atom stereocenters. The standard InChI is InChI=1S/C20H27N/c1-5-14(3)17-12-13-18(16-10-8-7-9-11-16)20(21)19(17)15(4)6-2/h7-15H,5-6,21H2,1-4H3. The predicted molar refractivity (Wildman–Crippen MR) is 93.7 cm³/mol. The van der Waals surface area contributed by atoms with Crippen LogP contribution < -0.4 is 5.73 Å². The van der Waals surface area contributed by atoms with Crippen molar-refractivity contribution in [2.75, 3.05) is 5.73 Å². The molecule has 2 rings (SSSR count). The summed E-state index contributed by atoms with van der Waals surface area (Å²) >= 11 is 0. The van der Waals surface area contributed by atoms with E-state index in [1.54, 1.807) is 0 Å². The van der Waals surface area contributed by atoms with Gasteiger partial charge in [-0.1, -0.05) is 70.2 Å². The highest BCUT2D eigenvalue weighted by Gasteiger charge is 2.19. The average Bonchev–Trinajstić information content (AvgIpc) is 2.53. The number of nitrogen functional groups attached to an aromatic ring is 1. The molecule has 1 nitrogen and oxygen atoms in total. The first-order valence-electron chi connectivity index (χ1n) is 8.07. The maximum atomic E-state index is 6.59. The van der Waals surface area contributed by atoms with E-state index >= 15 is 0 Å². The molecule has 0 aliphatic heterocycles. The average molecular weight is 281 g/mol. The van der Waals surface area contributed by atoms with Crippen molar-refractivity contribution >= 4 is 5.69 Å². The maximum absolute atomic E-state index is 6.59. The third-order valence-electron chi connectivity index (χ3n) is 4.65. The topological polar surface area (TPSA) is 26.0 Å². The highest BCUT2D eigenvalue weighted by Crippen LogP contribution is 2.39. The summed E-state index contributed by atoms with van der Waals surface area (Å²) in [6.45, 7) is 9.06. The summed E-state index contributed by atoms with van der Waals surface area (Å²) in [6, 6.07) is 14.9. The van der Waals surface area contributed by atoms with E-state index < -0.39 is 0 Å². The van der Waals surface area contributed by atoms with Gasteiger partial charge in [0.15, 0.2) is 0 Å². The fourth-order valence-corrected chi connectivity index (χ4v) is 2.93. The zero-order chi connectivity index (χ0) is 15.4. The maximum Gasteiger partial charge on any atom is 0.0431 e. The molecule has 0 aliphatic rings. The monoisotopic (exact) mass is 281 g/mol. The number of hydrogen-bond donors (Lipinski definition) is 1. The number of nitrogens with two attached hydrogens (primary N) is 1. The summed E-state index contributed by atoms with van der Waals surface area (Å²) in [4.78, 5) is 0. The van der Waals surface area contributed by atoms with Gasteiger partial charge in [0, 0.05) is 11.3 Å². The van der Waals surface area contributed by atoms with E-state index in [1.807, 2.05) is 6.07 Å². The number of anilines is 1. The Bertz CT molecular complexity index is 586. The van der Waals surface area contributed by atoms with Crippen molar-refractivity contribution in [1.82, 2.24) is 0 Å². The lowest BCUT2D eigenvalue weighted by Crippen LogP contribution is -2.07. The number of rotatable bonds is 5. The van der Waals surface area contributed by atoms with E-state index in [2.05, 4.69) is 64.1 Å². The van der Waals surface area contributed by atoms with E-state index in [-0.39, 0.29) is 0 Å². The van der Waals surface area contributed by atoms with Gasteiger partial charge in [-0.15, -0.1) is 0 Å². The van der Waals surface area contributed by atoms with Gasteiger partial charge in [-0.2, -0.15) is 0 Å². The molecular formula is C20H27N. The molecule has 0 aromatic heterocycles. The predicted octanol–water partition coefficient (Wildman–Crippen LogP) is 5.96. The van der Waals surface area contributed by atoms with Gasteiger partial charge < -0.3 is 5.73 Å². The molecule has 2 N–H and O–H groups in total. The molecule has 0 bridgehead atoms. The van der Waals surface area contributed by atoms with Crippen LogP contribution in [0, 0.1) is 0 Å². The van der Waals surface area contributed by atoms with Gasteiger partial charge in [-0.25, -0.2) is 0 Å². The molecule has 0 aliphatic carbocycles. The van der Waals surface area contributed by atoms with Crippen molar-refractivity contribution in [3.05, 3.63) is 53.6 Å². The van der Waals surface area contributed by atoms with Crippen LogP contribution in [0.25, 0.3) is 11.1 Å². The smallest absolute Gasteiger partial charge is 0.0431 e. The van der Waals surface area contributed by atoms with Crippen molar-refractivity contribution < 1.29 is 0 Å². The fraction of sp³-hybridized carbons (Fsp3) is 0.400. The molecule has 0 fully saturated rings. The normalized spacial score (nSPS) is 13.9. The zero-order valence-electron chi connectivity index (χ0n) is 13.7. The minimum absolute atomic E-state index is 0.498. The molecular weight excluding hydrogens is 254 g/mol. The summed E-state index contributed by atoms with van der Waals surface area (Å²) in [5.74, 6) is 1.05. The first-order valence-corrected chi connectivity index (χ1v) is 8.07. The Balaban J connectivity index is 2.62. The largest absolute Gasteiger partial charge is 0.398 e. The van der Waals surface area contributed by atoms with Crippen LogP contribution in [0.1, 0.15) is 63.5 Å². The lowest BCUT2D eigenvalue weighted by atomic mass is 9.83. The number of hydrogen-bond acceptors (Lipinski definition) is 1. The Morgan fingerprint density at radius 3 is 2.05 bits per heavy atom. The van der Waals surface area contributed by atoms with Crippen LogP contribution in [0.3, 0.4) is 0 Å². The SMILES string of the molecule is CCC(C)c1ccc(-c2ccccc2)c(N)c1C(C)CC. The van der Waals surface area contributed by atoms with Crippen LogP contribution in [0.2, 0.25) is 0 Å². The fourth-order valence-electron chi connectivity index (χ4n) is 2.93. The highest BCUT2D eigenvalue weighted by atomic mass is 14.6. The van der Waals surface area contributed by atoms with Crippen LogP contribution in [-0.2, 0) is 0 Å². The van der Waals surface area contributed by atoms with Crippen LogP contribution in [0.4, 0.5) is 5.69 Å². The Hall–Kier alpha value is -1.76. The van der Waals surface area contributed by atoms with E-state index in [0.29, 0.717) is 11.8 Å². The second-order valence-electron chi connectivity index (χ2n) is 6.01. The minimum Gasteiger partial charge on any atom is -0.398 e. The molecule has 21 heavy (non-hydrogen) atoms. The zero-order valence-corrected chi connectivity index (χ0v) is 13.7. The van der Waals surface area contributed by atoms with Gasteiger partial charge in [0.25, 0.3) is 0 Å². The van der Waals surface area contributed by atoms with Crippen LogP contribution >= 0.6 is 0 Å². The molecule has 1 heteroatoms. The van der Waals surface area contributed by atoms with Gasteiger partial charge in [-0.05, 0) is 41.4 Å². The molecule has 2 aromatic rings. The van der Waals surface area contributed by atoms with Crippen LogP contribution in [0.5, 0.6) is 0 Å². The molecule has 0 saturated heterocycles. The Morgan fingerprint density at radius 2 is 1.48 bits per heavy atom. The Labute approximate surface area is 129 Å². The first kappa shape index (κ1) is 15.6. The van der Waals surface area contributed by atoms with E-state index in [4.69, 9.17) is 5.73 Å².